The van der Waals surface area contributed by atoms with Gasteiger partial charge in [-0.15, -0.1) is 0 Å². The van der Waals surface area contributed by atoms with Crippen LogP contribution in [0.15, 0.2) is 54.6 Å². The summed E-state index contributed by atoms with van der Waals surface area (Å²) in [6.45, 7) is 0.160. The molecule has 0 N–H and O–H groups in total. The summed E-state index contributed by atoms with van der Waals surface area (Å²) in [7, 11) is -3.65. The van der Waals surface area contributed by atoms with Crippen molar-refractivity contribution in [2.75, 3.05) is 19.0 Å². The molecule has 0 aromatic heterocycles. The standard InChI is InChI=1S/C19H20F3NO3S/c20-19(21,22)17-8-4-7-16(11-17)13-23-18(12-15-5-2-1-3-6-15)14-26-9-10-27(23,24)25/h1-8,11,18H,9-10,12-14H2/t18-/m0/s1. The van der Waals surface area contributed by atoms with E-state index in [9.17, 15) is 21.6 Å². The molecule has 27 heavy (non-hydrogen) atoms. The van der Waals surface area contributed by atoms with Crippen molar-refractivity contribution >= 4 is 10.0 Å². The highest BCUT2D eigenvalue weighted by Crippen LogP contribution is 2.30. The molecule has 0 bridgehead atoms. The van der Waals surface area contributed by atoms with Crippen LogP contribution >= 0.6 is 0 Å². The van der Waals surface area contributed by atoms with Crippen molar-refractivity contribution in [3.63, 3.8) is 0 Å². The van der Waals surface area contributed by atoms with E-state index in [1.165, 1.54) is 16.4 Å². The summed E-state index contributed by atoms with van der Waals surface area (Å²) >= 11 is 0. The van der Waals surface area contributed by atoms with Gasteiger partial charge in [-0.2, -0.15) is 17.5 Å². The minimum Gasteiger partial charge on any atom is -0.379 e. The summed E-state index contributed by atoms with van der Waals surface area (Å²) in [6, 6.07) is 13.7. The SMILES string of the molecule is O=S1(=O)CCOC[C@H](Cc2ccccc2)N1Cc1cccc(C(F)(F)F)c1. The predicted molar refractivity (Wildman–Crippen MR) is 95.5 cm³/mol. The maximum atomic E-state index is 13.0. The Labute approximate surface area is 156 Å². The Kier molecular flexibility index (Phi) is 5.88. The molecular formula is C19H20F3NO3S. The van der Waals surface area contributed by atoms with E-state index < -0.39 is 27.8 Å². The minimum atomic E-state index is -4.47. The van der Waals surface area contributed by atoms with E-state index in [0.29, 0.717) is 12.0 Å². The van der Waals surface area contributed by atoms with E-state index in [2.05, 4.69) is 0 Å². The summed E-state index contributed by atoms with van der Waals surface area (Å²) in [6.07, 6.45) is -4.04. The Morgan fingerprint density at radius 2 is 1.74 bits per heavy atom. The summed E-state index contributed by atoms with van der Waals surface area (Å²) < 4.78 is 71.1. The van der Waals surface area contributed by atoms with Crippen LogP contribution < -0.4 is 0 Å². The molecular weight excluding hydrogens is 379 g/mol. The lowest BCUT2D eigenvalue weighted by Gasteiger charge is -2.28. The van der Waals surface area contributed by atoms with Crippen LogP contribution in [0.5, 0.6) is 0 Å². The van der Waals surface area contributed by atoms with Crippen molar-refractivity contribution in [3.05, 3.63) is 71.3 Å². The Morgan fingerprint density at radius 3 is 2.44 bits per heavy atom. The fourth-order valence-corrected chi connectivity index (χ4v) is 4.61. The average Bonchev–Trinajstić information content (AvgIpc) is 2.75. The monoisotopic (exact) mass is 399 g/mol. The van der Waals surface area contributed by atoms with Crippen molar-refractivity contribution in [2.24, 2.45) is 0 Å². The molecule has 0 spiro atoms. The largest absolute Gasteiger partial charge is 0.416 e. The van der Waals surface area contributed by atoms with Crippen LogP contribution in [0.25, 0.3) is 0 Å². The molecule has 1 aliphatic heterocycles. The first kappa shape index (κ1) is 19.9. The molecule has 3 rings (SSSR count). The van der Waals surface area contributed by atoms with Crippen LogP contribution in [0.3, 0.4) is 0 Å². The Balaban J connectivity index is 1.90. The lowest BCUT2D eigenvalue weighted by atomic mass is 10.1. The number of hydrogen-bond donors (Lipinski definition) is 0. The average molecular weight is 399 g/mol. The molecule has 0 amide bonds. The highest BCUT2D eigenvalue weighted by molar-refractivity contribution is 7.89. The van der Waals surface area contributed by atoms with Gasteiger partial charge in [0.1, 0.15) is 0 Å². The van der Waals surface area contributed by atoms with Crippen molar-refractivity contribution in [1.82, 2.24) is 4.31 Å². The second-order valence-electron chi connectivity index (χ2n) is 6.48. The van der Waals surface area contributed by atoms with E-state index in [4.69, 9.17) is 4.74 Å². The first-order valence-electron chi connectivity index (χ1n) is 8.53. The van der Waals surface area contributed by atoms with E-state index in [1.54, 1.807) is 0 Å². The summed E-state index contributed by atoms with van der Waals surface area (Å²) in [4.78, 5) is 0. The minimum absolute atomic E-state index is 0.0761. The van der Waals surface area contributed by atoms with Gasteiger partial charge in [0.15, 0.2) is 0 Å². The van der Waals surface area contributed by atoms with Gasteiger partial charge < -0.3 is 4.74 Å². The van der Waals surface area contributed by atoms with Gasteiger partial charge in [-0.1, -0.05) is 48.5 Å². The molecule has 8 heteroatoms. The molecule has 1 heterocycles. The Hall–Kier alpha value is -1.90. The fraction of sp³-hybridized carbons (Fsp3) is 0.368. The molecule has 1 aliphatic rings. The van der Waals surface area contributed by atoms with Crippen molar-refractivity contribution in [2.45, 2.75) is 25.2 Å². The number of hydrogen-bond acceptors (Lipinski definition) is 3. The lowest BCUT2D eigenvalue weighted by molar-refractivity contribution is -0.137. The first-order chi connectivity index (χ1) is 12.8. The molecule has 0 radical (unpaired) electrons. The van der Waals surface area contributed by atoms with E-state index in [1.807, 2.05) is 30.3 Å². The molecule has 1 fully saturated rings. The maximum absolute atomic E-state index is 13.0. The highest BCUT2D eigenvalue weighted by Gasteiger charge is 2.34. The third-order valence-electron chi connectivity index (χ3n) is 4.47. The summed E-state index contributed by atoms with van der Waals surface area (Å²) in [5.74, 6) is -0.183. The molecule has 4 nitrogen and oxygen atoms in total. The molecule has 146 valence electrons. The maximum Gasteiger partial charge on any atom is 0.416 e. The van der Waals surface area contributed by atoms with Crippen molar-refractivity contribution in [3.8, 4) is 0 Å². The first-order valence-corrected chi connectivity index (χ1v) is 10.1. The second-order valence-corrected chi connectivity index (χ2v) is 8.52. The second kappa shape index (κ2) is 8.00. The van der Waals surface area contributed by atoms with Gasteiger partial charge in [0.05, 0.1) is 30.6 Å². The van der Waals surface area contributed by atoms with Gasteiger partial charge in [0.25, 0.3) is 0 Å². The third-order valence-corrected chi connectivity index (χ3v) is 6.29. The zero-order chi connectivity index (χ0) is 19.5. The summed E-state index contributed by atoms with van der Waals surface area (Å²) in [5, 5.41) is 0. The van der Waals surface area contributed by atoms with E-state index >= 15 is 0 Å². The van der Waals surface area contributed by atoms with Crippen LogP contribution in [0, 0.1) is 0 Å². The summed E-state index contributed by atoms with van der Waals surface area (Å²) in [5.41, 5.74) is 0.452. The number of halogens is 3. The van der Waals surface area contributed by atoms with Gasteiger partial charge in [-0.25, -0.2) is 8.42 Å². The van der Waals surface area contributed by atoms with Crippen LogP contribution in [-0.4, -0.2) is 37.7 Å². The van der Waals surface area contributed by atoms with Gasteiger partial charge in [0.2, 0.25) is 10.0 Å². The van der Waals surface area contributed by atoms with Gasteiger partial charge >= 0.3 is 6.18 Å². The fourth-order valence-electron chi connectivity index (χ4n) is 3.11. The molecule has 1 atom stereocenters. The zero-order valence-electron chi connectivity index (χ0n) is 14.5. The van der Waals surface area contributed by atoms with Gasteiger partial charge in [-0.05, 0) is 23.6 Å². The topological polar surface area (TPSA) is 46.6 Å². The lowest BCUT2D eigenvalue weighted by Crippen LogP contribution is -2.42. The predicted octanol–water partition coefficient (Wildman–Crippen LogP) is 3.48. The van der Waals surface area contributed by atoms with Crippen molar-refractivity contribution in [1.29, 1.82) is 0 Å². The number of sulfonamides is 1. The van der Waals surface area contributed by atoms with Gasteiger partial charge in [0, 0.05) is 6.54 Å². The van der Waals surface area contributed by atoms with E-state index in [0.717, 1.165) is 17.7 Å². The Bertz CT molecular complexity index is 869. The number of ether oxygens (including phenoxy) is 1. The molecule has 2 aromatic carbocycles. The molecule has 0 unspecified atom stereocenters. The van der Waals surface area contributed by atoms with Crippen LogP contribution in [-0.2, 0) is 33.9 Å². The van der Waals surface area contributed by atoms with Crippen molar-refractivity contribution < 1.29 is 26.3 Å². The molecule has 0 saturated carbocycles. The normalized spacial score (nSPS) is 20.9. The quantitative estimate of drug-likeness (QED) is 0.791. The van der Waals surface area contributed by atoms with Gasteiger partial charge in [-0.3, -0.25) is 0 Å². The third kappa shape index (κ3) is 5.09. The van der Waals surface area contributed by atoms with Crippen LogP contribution in [0.1, 0.15) is 16.7 Å². The number of benzene rings is 2. The van der Waals surface area contributed by atoms with E-state index in [-0.39, 0.29) is 25.5 Å². The molecule has 2 aromatic rings. The molecule has 1 saturated heterocycles. The number of nitrogens with zero attached hydrogens (tertiary/aromatic N) is 1. The Morgan fingerprint density at radius 1 is 1.04 bits per heavy atom. The highest BCUT2D eigenvalue weighted by atomic mass is 32.2. The smallest absolute Gasteiger partial charge is 0.379 e. The zero-order valence-corrected chi connectivity index (χ0v) is 15.3. The van der Waals surface area contributed by atoms with Crippen LogP contribution in [0.4, 0.5) is 13.2 Å². The number of rotatable bonds is 4. The number of alkyl halides is 3. The van der Waals surface area contributed by atoms with Crippen LogP contribution in [0.2, 0.25) is 0 Å². The molecule has 0 aliphatic carbocycles.